The summed E-state index contributed by atoms with van der Waals surface area (Å²) in [5, 5.41) is 5.08. The van der Waals surface area contributed by atoms with Crippen LogP contribution in [0.15, 0.2) is 36.4 Å². The lowest BCUT2D eigenvalue weighted by molar-refractivity contribution is -0.125. The van der Waals surface area contributed by atoms with Crippen LogP contribution in [-0.2, 0) is 16.1 Å². The van der Waals surface area contributed by atoms with Crippen LogP contribution in [0.5, 0.6) is 5.75 Å². The standard InChI is InChI=1S/C16H19NO3/c1-3-20-11-16(18)17-10-12-4-5-14-9-15(19-2)7-6-13(14)8-12/h4-9H,3,10-11H2,1-2H3,(H,17,18). The van der Waals surface area contributed by atoms with Crippen LogP contribution in [0.2, 0.25) is 0 Å². The van der Waals surface area contributed by atoms with E-state index in [1.54, 1.807) is 7.11 Å². The van der Waals surface area contributed by atoms with Gasteiger partial charge in [-0.15, -0.1) is 0 Å². The minimum absolute atomic E-state index is 0.0957. The highest BCUT2D eigenvalue weighted by Gasteiger charge is 2.02. The average Bonchev–Trinajstić information content (AvgIpc) is 2.50. The minimum atomic E-state index is -0.0957. The average molecular weight is 273 g/mol. The van der Waals surface area contributed by atoms with E-state index in [0.29, 0.717) is 13.2 Å². The van der Waals surface area contributed by atoms with Crippen LogP contribution in [0.1, 0.15) is 12.5 Å². The van der Waals surface area contributed by atoms with Gasteiger partial charge in [0.15, 0.2) is 0 Å². The van der Waals surface area contributed by atoms with Crippen molar-refractivity contribution in [3.63, 3.8) is 0 Å². The lowest BCUT2D eigenvalue weighted by Crippen LogP contribution is -2.27. The van der Waals surface area contributed by atoms with Crippen molar-refractivity contribution in [3.05, 3.63) is 42.0 Å². The fourth-order valence-corrected chi connectivity index (χ4v) is 1.96. The smallest absolute Gasteiger partial charge is 0.246 e. The molecule has 0 bridgehead atoms. The molecule has 1 amide bonds. The summed E-state index contributed by atoms with van der Waals surface area (Å²) >= 11 is 0. The van der Waals surface area contributed by atoms with E-state index in [9.17, 15) is 4.79 Å². The Kier molecular flexibility index (Phi) is 4.96. The normalized spacial score (nSPS) is 10.5. The second kappa shape index (κ2) is 6.91. The summed E-state index contributed by atoms with van der Waals surface area (Å²) in [6, 6.07) is 12.0. The molecule has 0 saturated heterocycles. The predicted molar refractivity (Wildman–Crippen MR) is 78.8 cm³/mol. The Labute approximate surface area is 118 Å². The molecule has 0 fully saturated rings. The van der Waals surface area contributed by atoms with Gasteiger partial charge in [0.2, 0.25) is 5.91 Å². The molecule has 0 aromatic heterocycles. The third kappa shape index (κ3) is 3.71. The molecule has 2 aromatic carbocycles. The lowest BCUT2D eigenvalue weighted by atomic mass is 10.1. The second-order valence-corrected chi connectivity index (χ2v) is 4.46. The summed E-state index contributed by atoms with van der Waals surface area (Å²) in [7, 11) is 1.66. The van der Waals surface area contributed by atoms with Crippen LogP contribution in [0.4, 0.5) is 0 Å². The molecule has 20 heavy (non-hydrogen) atoms. The molecule has 4 nitrogen and oxygen atoms in total. The summed E-state index contributed by atoms with van der Waals surface area (Å²) in [5.41, 5.74) is 1.06. The van der Waals surface area contributed by atoms with Gasteiger partial charge in [0.25, 0.3) is 0 Å². The Morgan fingerprint density at radius 2 is 1.90 bits per heavy atom. The highest BCUT2D eigenvalue weighted by atomic mass is 16.5. The molecule has 0 saturated carbocycles. The number of hydrogen-bond donors (Lipinski definition) is 1. The van der Waals surface area contributed by atoms with Crippen molar-refractivity contribution < 1.29 is 14.3 Å². The Morgan fingerprint density at radius 3 is 2.65 bits per heavy atom. The summed E-state index contributed by atoms with van der Waals surface area (Å²) in [6.45, 7) is 3.03. The molecule has 0 spiro atoms. The van der Waals surface area contributed by atoms with Crippen molar-refractivity contribution in [3.8, 4) is 5.75 Å². The maximum absolute atomic E-state index is 11.5. The van der Waals surface area contributed by atoms with Crippen molar-refractivity contribution in [2.75, 3.05) is 20.3 Å². The Morgan fingerprint density at radius 1 is 1.15 bits per heavy atom. The fraction of sp³-hybridized carbons (Fsp3) is 0.312. The number of methoxy groups -OCH3 is 1. The second-order valence-electron chi connectivity index (χ2n) is 4.46. The first-order valence-corrected chi connectivity index (χ1v) is 6.64. The van der Waals surface area contributed by atoms with Gasteiger partial charge in [-0.2, -0.15) is 0 Å². The zero-order valence-electron chi connectivity index (χ0n) is 11.8. The van der Waals surface area contributed by atoms with Crippen molar-refractivity contribution in [2.45, 2.75) is 13.5 Å². The van der Waals surface area contributed by atoms with E-state index in [2.05, 4.69) is 11.4 Å². The Hall–Kier alpha value is -2.07. The van der Waals surface area contributed by atoms with E-state index >= 15 is 0 Å². The molecule has 0 aliphatic rings. The third-order valence-corrected chi connectivity index (χ3v) is 3.04. The molecular weight excluding hydrogens is 254 g/mol. The minimum Gasteiger partial charge on any atom is -0.497 e. The highest BCUT2D eigenvalue weighted by molar-refractivity contribution is 5.84. The number of ether oxygens (including phenoxy) is 2. The van der Waals surface area contributed by atoms with E-state index in [4.69, 9.17) is 9.47 Å². The summed E-state index contributed by atoms with van der Waals surface area (Å²) in [5.74, 6) is 0.747. The zero-order chi connectivity index (χ0) is 14.4. The van der Waals surface area contributed by atoms with Crippen LogP contribution in [0, 0.1) is 0 Å². The number of amides is 1. The molecule has 0 heterocycles. The molecular formula is C16H19NO3. The van der Waals surface area contributed by atoms with Gasteiger partial charge >= 0.3 is 0 Å². The van der Waals surface area contributed by atoms with Crippen LogP contribution in [-0.4, -0.2) is 26.2 Å². The zero-order valence-corrected chi connectivity index (χ0v) is 11.8. The monoisotopic (exact) mass is 273 g/mol. The topological polar surface area (TPSA) is 47.6 Å². The molecule has 4 heteroatoms. The molecule has 1 N–H and O–H groups in total. The molecule has 0 unspecified atom stereocenters. The summed E-state index contributed by atoms with van der Waals surface area (Å²) in [6.07, 6.45) is 0. The van der Waals surface area contributed by atoms with Crippen LogP contribution >= 0.6 is 0 Å². The van der Waals surface area contributed by atoms with Crippen LogP contribution in [0.25, 0.3) is 10.8 Å². The largest absolute Gasteiger partial charge is 0.497 e. The molecule has 2 rings (SSSR count). The maximum Gasteiger partial charge on any atom is 0.246 e. The quantitative estimate of drug-likeness (QED) is 0.879. The van der Waals surface area contributed by atoms with E-state index in [1.807, 2.05) is 37.3 Å². The predicted octanol–water partition coefficient (Wildman–Crippen LogP) is 2.50. The van der Waals surface area contributed by atoms with Gasteiger partial charge in [-0.1, -0.05) is 18.2 Å². The van der Waals surface area contributed by atoms with E-state index < -0.39 is 0 Å². The number of fused-ring (bicyclic) bond motifs is 1. The Bertz CT molecular complexity index is 595. The van der Waals surface area contributed by atoms with Crippen LogP contribution in [0.3, 0.4) is 0 Å². The van der Waals surface area contributed by atoms with Gasteiger partial charge in [0.05, 0.1) is 7.11 Å². The van der Waals surface area contributed by atoms with E-state index in [0.717, 1.165) is 22.1 Å². The molecule has 0 atom stereocenters. The number of benzene rings is 2. The SMILES string of the molecule is CCOCC(=O)NCc1ccc2cc(OC)ccc2c1. The number of carbonyl (C=O) groups is 1. The van der Waals surface area contributed by atoms with E-state index in [1.165, 1.54) is 0 Å². The number of rotatable bonds is 6. The lowest BCUT2D eigenvalue weighted by Gasteiger charge is -2.07. The molecule has 0 radical (unpaired) electrons. The van der Waals surface area contributed by atoms with Gasteiger partial charge in [-0.3, -0.25) is 4.79 Å². The van der Waals surface area contributed by atoms with Crippen molar-refractivity contribution in [1.29, 1.82) is 0 Å². The van der Waals surface area contributed by atoms with Crippen molar-refractivity contribution in [1.82, 2.24) is 5.32 Å². The van der Waals surface area contributed by atoms with Crippen molar-refractivity contribution >= 4 is 16.7 Å². The maximum atomic E-state index is 11.5. The highest BCUT2D eigenvalue weighted by Crippen LogP contribution is 2.21. The van der Waals surface area contributed by atoms with Gasteiger partial charge < -0.3 is 14.8 Å². The third-order valence-electron chi connectivity index (χ3n) is 3.04. The fourth-order valence-electron chi connectivity index (χ4n) is 1.96. The summed E-state index contributed by atoms with van der Waals surface area (Å²) < 4.78 is 10.3. The van der Waals surface area contributed by atoms with Crippen molar-refractivity contribution in [2.24, 2.45) is 0 Å². The first kappa shape index (κ1) is 14.3. The number of hydrogen-bond acceptors (Lipinski definition) is 3. The van der Waals surface area contributed by atoms with Crippen LogP contribution < -0.4 is 10.1 Å². The van der Waals surface area contributed by atoms with E-state index in [-0.39, 0.29) is 12.5 Å². The Balaban J connectivity index is 2.03. The molecule has 0 aliphatic heterocycles. The first-order valence-electron chi connectivity index (χ1n) is 6.64. The molecule has 0 aliphatic carbocycles. The van der Waals surface area contributed by atoms with Gasteiger partial charge in [0, 0.05) is 13.2 Å². The van der Waals surface area contributed by atoms with Gasteiger partial charge in [-0.25, -0.2) is 0 Å². The van der Waals surface area contributed by atoms with Gasteiger partial charge in [-0.05, 0) is 41.5 Å². The number of carbonyl (C=O) groups excluding carboxylic acids is 1. The molecule has 106 valence electrons. The van der Waals surface area contributed by atoms with Gasteiger partial charge in [0.1, 0.15) is 12.4 Å². The number of nitrogens with one attached hydrogen (secondary N) is 1. The molecule has 2 aromatic rings. The first-order chi connectivity index (χ1) is 9.72. The summed E-state index contributed by atoms with van der Waals surface area (Å²) in [4.78, 5) is 11.5.